The van der Waals surface area contributed by atoms with Gasteiger partial charge in [-0.1, -0.05) is 27.7 Å². The van der Waals surface area contributed by atoms with Crippen LogP contribution in [0.3, 0.4) is 0 Å². The second-order valence-corrected chi connectivity index (χ2v) is 8.54. The monoisotopic (exact) mass is 473 g/mol. The van der Waals surface area contributed by atoms with Crippen molar-refractivity contribution in [1.82, 2.24) is 16.2 Å². The van der Waals surface area contributed by atoms with Gasteiger partial charge in [-0.15, -0.1) is 0 Å². The van der Waals surface area contributed by atoms with Crippen molar-refractivity contribution in [2.45, 2.75) is 40.2 Å². The Bertz CT molecular complexity index is 993. The largest absolute Gasteiger partial charge is 0.493 e. The third kappa shape index (κ3) is 7.75. The number of hydrazine groups is 1. The fraction of sp³-hybridized carbons (Fsp3) is 0.400. The molecule has 2 aromatic carbocycles. The fourth-order valence-corrected chi connectivity index (χ4v) is 2.96. The standard InChI is InChI=1S/C25H32FN3O5/c1-15(2)12-13-34-20-11-8-18(14-21(20)33-5)24(31)28-29-25(32)22(16(3)4)27-23(30)17-6-9-19(26)10-7-17/h6-11,14-16,22H,12-13H2,1-5H3,(H,27,30)(H,28,31)(H,29,32)/t22-/m0/s1. The van der Waals surface area contributed by atoms with E-state index in [9.17, 15) is 18.8 Å². The van der Waals surface area contributed by atoms with Gasteiger partial charge in [-0.3, -0.25) is 25.2 Å². The van der Waals surface area contributed by atoms with Gasteiger partial charge in [0.05, 0.1) is 13.7 Å². The molecule has 184 valence electrons. The van der Waals surface area contributed by atoms with Crippen LogP contribution in [-0.4, -0.2) is 37.5 Å². The van der Waals surface area contributed by atoms with Gasteiger partial charge in [-0.2, -0.15) is 0 Å². The van der Waals surface area contributed by atoms with Crippen molar-refractivity contribution in [3.05, 3.63) is 59.4 Å². The minimum Gasteiger partial charge on any atom is -0.493 e. The average molecular weight is 474 g/mol. The molecule has 0 aromatic heterocycles. The van der Waals surface area contributed by atoms with Crippen molar-refractivity contribution < 1.29 is 28.2 Å². The Morgan fingerprint density at radius 2 is 1.53 bits per heavy atom. The summed E-state index contributed by atoms with van der Waals surface area (Å²) in [7, 11) is 1.48. The van der Waals surface area contributed by atoms with Gasteiger partial charge in [0.15, 0.2) is 11.5 Å². The van der Waals surface area contributed by atoms with Crippen LogP contribution in [0, 0.1) is 17.7 Å². The Morgan fingerprint density at radius 3 is 2.12 bits per heavy atom. The molecule has 0 heterocycles. The predicted molar refractivity (Wildman–Crippen MR) is 126 cm³/mol. The lowest BCUT2D eigenvalue weighted by atomic mass is 10.0. The van der Waals surface area contributed by atoms with Crippen LogP contribution in [0.4, 0.5) is 4.39 Å². The number of hydrogen-bond acceptors (Lipinski definition) is 5. The van der Waals surface area contributed by atoms with Gasteiger partial charge in [-0.05, 0) is 60.7 Å². The molecule has 0 aliphatic heterocycles. The van der Waals surface area contributed by atoms with Crippen LogP contribution in [0.1, 0.15) is 54.8 Å². The van der Waals surface area contributed by atoms with Crippen LogP contribution >= 0.6 is 0 Å². The summed E-state index contributed by atoms with van der Waals surface area (Å²) in [5, 5.41) is 2.61. The topological polar surface area (TPSA) is 106 Å². The normalized spacial score (nSPS) is 11.6. The summed E-state index contributed by atoms with van der Waals surface area (Å²) >= 11 is 0. The van der Waals surface area contributed by atoms with Gasteiger partial charge in [0.25, 0.3) is 17.7 Å². The van der Waals surface area contributed by atoms with Gasteiger partial charge in [0, 0.05) is 11.1 Å². The van der Waals surface area contributed by atoms with E-state index in [-0.39, 0.29) is 17.0 Å². The quantitative estimate of drug-likeness (QED) is 0.458. The molecule has 2 aromatic rings. The number of amides is 3. The molecule has 9 heteroatoms. The number of nitrogens with one attached hydrogen (secondary N) is 3. The zero-order valence-electron chi connectivity index (χ0n) is 20.1. The molecule has 3 amide bonds. The summed E-state index contributed by atoms with van der Waals surface area (Å²) in [4.78, 5) is 37.6. The van der Waals surface area contributed by atoms with E-state index in [1.54, 1.807) is 26.0 Å². The molecule has 0 spiro atoms. The maximum atomic E-state index is 13.1. The molecule has 0 aliphatic carbocycles. The molecule has 0 saturated carbocycles. The summed E-state index contributed by atoms with van der Waals surface area (Å²) in [5.74, 6) is -1.02. The Labute approximate surface area is 199 Å². The first-order valence-corrected chi connectivity index (χ1v) is 11.1. The van der Waals surface area contributed by atoms with Crippen LogP contribution in [-0.2, 0) is 4.79 Å². The number of halogens is 1. The number of rotatable bonds is 10. The van der Waals surface area contributed by atoms with Crippen molar-refractivity contribution in [2.24, 2.45) is 11.8 Å². The van der Waals surface area contributed by atoms with Crippen LogP contribution in [0.2, 0.25) is 0 Å². The number of methoxy groups -OCH3 is 1. The van der Waals surface area contributed by atoms with E-state index in [2.05, 4.69) is 30.0 Å². The highest BCUT2D eigenvalue weighted by molar-refractivity contribution is 5.99. The highest BCUT2D eigenvalue weighted by Crippen LogP contribution is 2.28. The smallest absolute Gasteiger partial charge is 0.269 e. The van der Waals surface area contributed by atoms with Crippen LogP contribution in [0.15, 0.2) is 42.5 Å². The van der Waals surface area contributed by atoms with Gasteiger partial charge in [-0.25, -0.2) is 4.39 Å². The van der Waals surface area contributed by atoms with Crippen molar-refractivity contribution in [1.29, 1.82) is 0 Å². The highest BCUT2D eigenvalue weighted by Gasteiger charge is 2.25. The van der Waals surface area contributed by atoms with Crippen LogP contribution in [0.5, 0.6) is 11.5 Å². The zero-order chi connectivity index (χ0) is 25.3. The number of hydrogen-bond donors (Lipinski definition) is 3. The summed E-state index contributed by atoms with van der Waals surface area (Å²) in [6.45, 7) is 8.22. The van der Waals surface area contributed by atoms with Gasteiger partial charge >= 0.3 is 0 Å². The lowest BCUT2D eigenvalue weighted by molar-refractivity contribution is -0.124. The molecule has 0 fully saturated rings. The molecule has 0 unspecified atom stereocenters. The van der Waals surface area contributed by atoms with Crippen LogP contribution in [0.25, 0.3) is 0 Å². The second-order valence-electron chi connectivity index (χ2n) is 8.54. The van der Waals surface area contributed by atoms with Crippen molar-refractivity contribution >= 4 is 17.7 Å². The molecule has 0 aliphatic rings. The molecule has 3 N–H and O–H groups in total. The van der Waals surface area contributed by atoms with E-state index in [1.165, 1.54) is 25.3 Å². The first kappa shape index (κ1) is 26.6. The number of benzene rings is 2. The molecule has 0 radical (unpaired) electrons. The maximum absolute atomic E-state index is 13.1. The van der Waals surface area contributed by atoms with E-state index in [1.807, 2.05) is 0 Å². The van der Waals surface area contributed by atoms with Gasteiger partial charge in [0.2, 0.25) is 0 Å². The minimum atomic E-state index is -0.927. The van der Waals surface area contributed by atoms with E-state index in [0.29, 0.717) is 24.0 Å². The van der Waals surface area contributed by atoms with Gasteiger partial charge < -0.3 is 14.8 Å². The van der Waals surface area contributed by atoms with Gasteiger partial charge in [0.1, 0.15) is 11.9 Å². The molecular weight excluding hydrogens is 441 g/mol. The minimum absolute atomic E-state index is 0.215. The molecule has 1 atom stereocenters. The Hall–Kier alpha value is -3.62. The summed E-state index contributed by atoms with van der Waals surface area (Å²) < 4.78 is 24.1. The van der Waals surface area contributed by atoms with E-state index < -0.39 is 29.6 Å². The Morgan fingerprint density at radius 1 is 0.882 bits per heavy atom. The maximum Gasteiger partial charge on any atom is 0.269 e. The van der Waals surface area contributed by atoms with Crippen molar-refractivity contribution in [2.75, 3.05) is 13.7 Å². The summed E-state index contributed by atoms with van der Waals surface area (Å²) in [5.41, 5.74) is 5.16. The van der Waals surface area contributed by atoms with Crippen LogP contribution < -0.4 is 25.6 Å². The number of carbonyl (C=O) groups excluding carboxylic acids is 3. The number of carbonyl (C=O) groups is 3. The van der Waals surface area contributed by atoms with E-state index >= 15 is 0 Å². The summed E-state index contributed by atoms with van der Waals surface area (Å²) in [6.07, 6.45) is 0.881. The Kier molecular flexibility index (Phi) is 9.85. The third-order valence-electron chi connectivity index (χ3n) is 5.02. The first-order chi connectivity index (χ1) is 16.1. The average Bonchev–Trinajstić information content (AvgIpc) is 2.80. The first-order valence-electron chi connectivity index (χ1n) is 11.1. The fourth-order valence-electron chi connectivity index (χ4n) is 2.96. The van der Waals surface area contributed by atoms with E-state index in [4.69, 9.17) is 9.47 Å². The number of ether oxygens (including phenoxy) is 2. The third-order valence-corrected chi connectivity index (χ3v) is 5.02. The second kappa shape index (κ2) is 12.6. The summed E-state index contributed by atoms with van der Waals surface area (Å²) in [6, 6.07) is 8.76. The molecule has 34 heavy (non-hydrogen) atoms. The lowest BCUT2D eigenvalue weighted by Crippen LogP contribution is -2.54. The SMILES string of the molecule is COc1cc(C(=O)NNC(=O)[C@@H](NC(=O)c2ccc(F)cc2)C(C)C)ccc1OCCC(C)C. The molecule has 0 saturated heterocycles. The highest BCUT2D eigenvalue weighted by atomic mass is 19.1. The molecular formula is C25H32FN3O5. The predicted octanol–water partition coefficient (Wildman–Crippen LogP) is 3.47. The van der Waals surface area contributed by atoms with E-state index in [0.717, 1.165) is 18.6 Å². The lowest BCUT2D eigenvalue weighted by Gasteiger charge is -2.22. The van der Waals surface area contributed by atoms with Crippen molar-refractivity contribution in [3.8, 4) is 11.5 Å². The van der Waals surface area contributed by atoms with Crippen molar-refractivity contribution in [3.63, 3.8) is 0 Å². The molecule has 0 bridgehead atoms. The Balaban J connectivity index is 1.99. The molecule has 8 nitrogen and oxygen atoms in total. The molecule has 2 rings (SSSR count). The zero-order valence-corrected chi connectivity index (χ0v) is 20.1.